The Balaban J connectivity index is 1.56. The van der Waals surface area contributed by atoms with Crippen molar-refractivity contribution in [1.29, 1.82) is 0 Å². The van der Waals surface area contributed by atoms with Gasteiger partial charge in [-0.15, -0.1) is 0 Å². The molecule has 13 heteroatoms. The maximum absolute atomic E-state index is 14.4. The summed E-state index contributed by atoms with van der Waals surface area (Å²) in [4.78, 5) is 22.3. The highest BCUT2D eigenvalue weighted by molar-refractivity contribution is 9.10. The Morgan fingerprint density at radius 2 is 1.83 bits per heavy atom. The zero-order valence-corrected chi connectivity index (χ0v) is 26.7. The molecule has 0 saturated heterocycles. The SMILES string of the molecule is [N-]=[N+]=NCc1ccccc1[C@@H]1OC(c2ccc(OCCCO)cc2)=N[C@]1(Cc1ccc(Br)cc1)C(=O)NNCc1ccc(F)cc1F. The third-order valence-electron chi connectivity index (χ3n) is 7.55. The highest BCUT2D eigenvalue weighted by atomic mass is 79.9. The molecule has 10 nitrogen and oxygen atoms in total. The number of halogens is 3. The Labute approximate surface area is 278 Å². The molecule has 4 aromatic carbocycles. The van der Waals surface area contributed by atoms with Gasteiger partial charge in [-0.25, -0.2) is 19.2 Å². The molecule has 4 aromatic rings. The molecule has 0 bridgehead atoms. The first-order valence-electron chi connectivity index (χ1n) is 14.7. The van der Waals surface area contributed by atoms with Crippen molar-refractivity contribution in [2.24, 2.45) is 10.1 Å². The van der Waals surface area contributed by atoms with Crippen molar-refractivity contribution in [3.63, 3.8) is 0 Å². The molecular formula is C34H31BrF2N6O4. The lowest BCUT2D eigenvalue weighted by molar-refractivity contribution is -0.130. The van der Waals surface area contributed by atoms with E-state index in [1.807, 2.05) is 24.3 Å². The number of nitrogens with one attached hydrogen (secondary N) is 2. The van der Waals surface area contributed by atoms with Gasteiger partial charge in [-0.3, -0.25) is 10.2 Å². The van der Waals surface area contributed by atoms with Crippen LogP contribution >= 0.6 is 15.9 Å². The van der Waals surface area contributed by atoms with Gasteiger partial charge in [0.1, 0.15) is 17.4 Å². The lowest BCUT2D eigenvalue weighted by atomic mass is 9.81. The van der Waals surface area contributed by atoms with Crippen LogP contribution in [-0.4, -0.2) is 35.7 Å². The van der Waals surface area contributed by atoms with Gasteiger partial charge in [0.15, 0.2) is 11.6 Å². The maximum atomic E-state index is 14.4. The number of carbonyl (C=O) groups is 1. The second kappa shape index (κ2) is 15.7. The van der Waals surface area contributed by atoms with E-state index in [0.29, 0.717) is 35.5 Å². The third-order valence-corrected chi connectivity index (χ3v) is 8.08. The van der Waals surface area contributed by atoms with Crippen molar-refractivity contribution in [3.05, 3.63) is 145 Å². The molecule has 242 valence electrons. The van der Waals surface area contributed by atoms with Gasteiger partial charge in [0.05, 0.1) is 13.2 Å². The van der Waals surface area contributed by atoms with Crippen LogP contribution in [-0.2, 0) is 29.0 Å². The number of carbonyl (C=O) groups excluding carboxylic acids is 1. The van der Waals surface area contributed by atoms with E-state index >= 15 is 0 Å². The van der Waals surface area contributed by atoms with Crippen LogP contribution < -0.4 is 15.6 Å². The van der Waals surface area contributed by atoms with Crippen LogP contribution in [0, 0.1) is 11.6 Å². The summed E-state index contributed by atoms with van der Waals surface area (Å²) in [5, 5.41) is 12.8. The molecule has 0 radical (unpaired) electrons. The van der Waals surface area contributed by atoms with Crippen molar-refractivity contribution in [2.75, 3.05) is 13.2 Å². The summed E-state index contributed by atoms with van der Waals surface area (Å²) < 4.78 is 40.9. The number of hydrogen-bond donors (Lipinski definition) is 3. The number of aliphatic hydroxyl groups is 1. The normalized spacial score (nSPS) is 16.9. The first-order valence-corrected chi connectivity index (χ1v) is 15.5. The van der Waals surface area contributed by atoms with Crippen molar-refractivity contribution in [1.82, 2.24) is 10.9 Å². The van der Waals surface area contributed by atoms with E-state index in [-0.39, 0.29) is 37.6 Å². The molecule has 0 aliphatic carbocycles. The number of ether oxygens (including phenoxy) is 2. The van der Waals surface area contributed by atoms with Gasteiger partial charge in [0.2, 0.25) is 5.90 Å². The Hall–Kier alpha value is -4.81. The highest BCUT2D eigenvalue weighted by Gasteiger charge is 2.54. The minimum Gasteiger partial charge on any atom is -0.494 e. The molecule has 1 aliphatic heterocycles. The van der Waals surface area contributed by atoms with Crippen molar-refractivity contribution in [3.8, 4) is 5.75 Å². The van der Waals surface area contributed by atoms with Crippen molar-refractivity contribution < 1.29 is 28.2 Å². The monoisotopic (exact) mass is 704 g/mol. The van der Waals surface area contributed by atoms with E-state index in [9.17, 15) is 13.6 Å². The predicted molar refractivity (Wildman–Crippen MR) is 175 cm³/mol. The van der Waals surface area contributed by atoms with Gasteiger partial charge < -0.3 is 14.6 Å². The Morgan fingerprint density at radius 1 is 1.06 bits per heavy atom. The fourth-order valence-corrected chi connectivity index (χ4v) is 5.47. The number of benzene rings is 4. The van der Waals surface area contributed by atoms with Crippen molar-refractivity contribution in [2.45, 2.75) is 37.6 Å². The topological polar surface area (TPSA) is 141 Å². The smallest absolute Gasteiger partial charge is 0.266 e. The van der Waals surface area contributed by atoms with Gasteiger partial charge in [-0.1, -0.05) is 63.5 Å². The fourth-order valence-electron chi connectivity index (χ4n) is 5.21. The van der Waals surface area contributed by atoms with Crippen LogP contribution in [0.2, 0.25) is 0 Å². The van der Waals surface area contributed by atoms with E-state index in [0.717, 1.165) is 22.2 Å². The summed E-state index contributed by atoms with van der Waals surface area (Å²) >= 11 is 3.46. The van der Waals surface area contributed by atoms with Gasteiger partial charge in [-0.2, -0.15) is 0 Å². The standard InChI is InChI=1S/C34H31BrF2N6O4/c35-26-11-6-22(7-12-26)19-34(33(45)42-39-21-25-8-13-27(36)18-30(25)37)31(29-5-2-1-4-24(29)20-40-43-38)47-32(41-34)23-9-14-28(15-10-23)46-17-3-16-44/h1-2,4-15,18,31,39,44H,3,16-17,19-21H2,(H,42,45)/t31-,34-/m0/s1. The Bertz CT molecular complexity index is 1780. The minimum absolute atomic E-state index is 0.0137. The van der Waals surface area contributed by atoms with E-state index in [1.165, 1.54) is 6.07 Å². The van der Waals surface area contributed by atoms with Crippen molar-refractivity contribution >= 4 is 27.7 Å². The van der Waals surface area contributed by atoms with Crippen LogP contribution in [0.5, 0.6) is 5.75 Å². The number of aliphatic hydroxyl groups excluding tert-OH is 1. The van der Waals surface area contributed by atoms with Crippen LogP contribution in [0.3, 0.4) is 0 Å². The van der Waals surface area contributed by atoms with E-state index in [4.69, 9.17) is 25.1 Å². The lowest BCUT2D eigenvalue weighted by Gasteiger charge is -2.32. The predicted octanol–water partition coefficient (Wildman–Crippen LogP) is 6.62. The van der Waals surface area contributed by atoms with Gasteiger partial charge in [-0.05, 0) is 64.7 Å². The average Bonchev–Trinajstić information content (AvgIpc) is 3.46. The first-order chi connectivity index (χ1) is 22.8. The molecule has 0 spiro atoms. The number of hydrazine groups is 1. The summed E-state index contributed by atoms with van der Waals surface area (Å²) in [5.41, 5.74) is 15.7. The maximum Gasteiger partial charge on any atom is 0.266 e. The third kappa shape index (κ3) is 8.13. The highest BCUT2D eigenvalue weighted by Crippen LogP contribution is 2.44. The first kappa shape index (κ1) is 33.6. The molecule has 0 fully saturated rings. The number of aliphatic imine (C=N–C) groups is 1. The summed E-state index contributed by atoms with van der Waals surface area (Å²) in [6.45, 7) is 0.253. The van der Waals surface area contributed by atoms with Crippen LogP contribution in [0.4, 0.5) is 8.78 Å². The average molecular weight is 706 g/mol. The van der Waals surface area contributed by atoms with Gasteiger partial charge >= 0.3 is 0 Å². The fraction of sp³-hybridized carbons (Fsp3) is 0.235. The number of hydrogen-bond acceptors (Lipinski definition) is 7. The van der Waals surface area contributed by atoms with Crippen LogP contribution in [0.15, 0.2) is 106 Å². The summed E-state index contributed by atoms with van der Waals surface area (Å²) in [7, 11) is 0. The van der Waals surface area contributed by atoms with Crippen LogP contribution in [0.1, 0.15) is 40.3 Å². The molecule has 47 heavy (non-hydrogen) atoms. The van der Waals surface area contributed by atoms with E-state index in [1.54, 1.807) is 48.5 Å². The molecule has 5 rings (SSSR count). The Morgan fingerprint density at radius 3 is 2.55 bits per heavy atom. The summed E-state index contributed by atoms with van der Waals surface area (Å²) in [6.07, 6.45) is -0.383. The van der Waals surface area contributed by atoms with Gasteiger partial charge in [0, 0.05) is 52.6 Å². The van der Waals surface area contributed by atoms with E-state index < -0.39 is 29.2 Å². The van der Waals surface area contributed by atoms with Gasteiger partial charge in [0.25, 0.3) is 5.91 Å². The second-order valence-corrected chi connectivity index (χ2v) is 11.6. The number of azide groups is 1. The van der Waals surface area contributed by atoms with E-state index in [2.05, 4.69) is 36.8 Å². The second-order valence-electron chi connectivity index (χ2n) is 10.7. The summed E-state index contributed by atoms with van der Waals surface area (Å²) in [5.74, 6) is -1.24. The number of rotatable bonds is 14. The molecule has 1 aliphatic rings. The number of amides is 1. The minimum atomic E-state index is -1.60. The molecule has 0 aromatic heterocycles. The molecule has 1 amide bonds. The summed E-state index contributed by atoms with van der Waals surface area (Å²) in [6, 6.07) is 24.9. The number of nitrogens with zero attached hydrogens (tertiary/aromatic N) is 4. The lowest BCUT2D eigenvalue weighted by Crippen LogP contribution is -2.53. The zero-order chi connectivity index (χ0) is 33.2. The molecule has 0 saturated carbocycles. The Kier molecular flexibility index (Phi) is 11.2. The molecule has 1 heterocycles. The largest absolute Gasteiger partial charge is 0.494 e. The molecule has 0 unspecified atom stereocenters. The van der Waals surface area contributed by atoms with Crippen LogP contribution in [0.25, 0.3) is 10.4 Å². The zero-order valence-electron chi connectivity index (χ0n) is 25.1. The molecule has 2 atom stereocenters. The molecule has 3 N–H and O–H groups in total. The quantitative estimate of drug-likeness (QED) is 0.0445. The molecular weight excluding hydrogens is 674 g/mol.